The van der Waals surface area contributed by atoms with Crippen molar-refractivity contribution < 1.29 is 18.3 Å². The van der Waals surface area contributed by atoms with Gasteiger partial charge in [0.1, 0.15) is 4.88 Å². The van der Waals surface area contributed by atoms with E-state index in [-0.39, 0.29) is 36.4 Å². The van der Waals surface area contributed by atoms with E-state index in [1.165, 1.54) is 11.3 Å². The second-order valence-corrected chi connectivity index (χ2v) is 9.08. The van der Waals surface area contributed by atoms with Gasteiger partial charge in [0, 0.05) is 47.2 Å². The average Bonchev–Trinajstić information content (AvgIpc) is 3.02. The molecule has 3 atom stereocenters. The maximum absolute atomic E-state index is 14.6. The number of H-pyrrole nitrogens is 1. The maximum atomic E-state index is 14.6. The Labute approximate surface area is 157 Å². The molecule has 0 radical (unpaired) electrons. The number of aromatic nitrogens is 2. The second-order valence-electron chi connectivity index (χ2n) is 8.06. The van der Waals surface area contributed by atoms with Gasteiger partial charge in [-0.2, -0.15) is 5.10 Å². The van der Waals surface area contributed by atoms with E-state index in [0.29, 0.717) is 34.2 Å². The van der Waals surface area contributed by atoms with Crippen molar-refractivity contribution in [2.24, 2.45) is 5.41 Å². The lowest BCUT2D eigenvalue weighted by Crippen LogP contribution is -2.51. The summed E-state index contributed by atoms with van der Waals surface area (Å²) in [6, 6.07) is -0.156. The summed E-state index contributed by atoms with van der Waals surface area (Å²) in [6.07, 6.45) is 4.90. The molecule has 1 saturated heterocycles. The molecule has 6 rings (SSSR count). The van der Waals surface area contributed by atoms with Crippen molar-refractivity contribution in [2.75, 3.05) is 24.6 Å². The van der Waals surface area contributed by atoms with E-state index in [9.17, 15) is 13.6 Å². The first-order chi connectivity index (χ1) is 13.0. The minimum absolute atomic E-state index is 0.0793. The number of amides is 1. The van der Waals surface area contributed by atoms with Crippen LogP contribution in [0.25, 0.3) is 10.4 Å². The highest BCUT2D eigenvalue weighted by molar-refractivity contribution is 7.18. The number of hydrogen-bond acceptors (Lipinski definition) is 5. The second kappa shape index (κ2) is 5.08. The summed E-state index contributed by atoms with van der Waals surface area (Å²) in [7, 11) is 0. The molecule has 2 N–H and O–H groups in total. The molecule has 0 aromatic carbocycles. The summed E-state index contributed by atoms with van der Waals surface area (Å²) in [5.74, 6) is -2.98. The summed E-state index contributed by atoms with van der Waals surface area (Å²) in [6.45, 7) is 0.745. The Hall–Kier alpha value is -2.00. The van der Waals surface area contributed by atoms with Gasteiger partial charge in [-0.1, -0.05) is 0 Å². The van der Waals surface area contributed by atoms with E-state index in [0.717, 1.165) is 18.4 Å². The monoisotopic (exact) mass is 392 g/mol. The molecule has 1 aliphatic carbocycles. The number of fused-ring (bicyclic) bond motifs is 1. The zero-order valence-corrected chi connectivity index (χ0v) is 15.2. The Morgan fingerprint density at radius 1 is 1.37 bits per heavy atom. The molecule has 1 saturated carbocycles. The van der Waals surface area contributed by atoms with Gasteiger partial charge in [0.05, 0.1) is 30.6 Å². The van der Waals surface area contributed by atoms with Gasteiger partial charge in [0.15, 0.2) is 0 Å². The summed E-state index contributed by atoms with van der Waals surface area (Å²) >= 11 is 1.29. The van der Waals surface area contributed by atoms with E-state index in [4.69, 9.17) is 4.74 Å². The lowest BCUT2D eigenvalue weighted by Gasteiger charge is -2.37. The Balaban J connectivity index is 1.47. The number of rotatable bonds is 2. The van der Waals surface area contributed by atoms with Crippen LogP contribution in [0.3, 0.4) is 0 Å². The molecule has 3 aliphatic heterocycles. The fourth-order valence-corrected chi connectivity index (χ4v) is 6.29. The van der Waals surface area contributed by atoms with E-state index in [2.05, 4.69) is 15.5 Å². The molecule has 4 aliphatic rings. The number of carbonyl (C=O) groups is 1. The number of thiophene rings is 1. The van der Waals surface area contributed by atoms with Crippen molar-refractivity contribution >= 4 is 22.9 Å². The molecule has 2 aromatic heterocycles. The molecule has 2 fully saturated rings. The Kier molecular flexibility index (Phi) is 3.01. The van der Waals surface area contributed by atoms with Gasteiger partial charge in [0.2, 0.25) is 0 Å². The largest absolute Gasteiger partial charge is 0.378 e. The van der Waals surface area contributed by atoms with Crippen LogP contribution in [0.5, 0.6) is 0 Å². The first-order valence-corrected chi connectivity index (χ1v) is 9.99. The Morgan fingerprint density at radius 2 is 2.26 bits per heavy atom. The van der Waals surface area contributed by atoms with Crippen LogP contribution >= 0.6 is 11.3 Å². The van der Waals surface area contributed by atoms with Gasteiger partial charge in [0.25, 0.3) is 11.8 Å². The third kappa shape index (κ3) is 2.18. The first-order valence-electron chi connectivity index (χ1n) is 9.17. The molecular weight excluding hydrogens is 374 g/mol. The normalized spacial score (nSPS) is 33.3. The number of nitrogens with one attached hydrogen (secondary N) is 2. The first kappa shape index (κ1) is 16.0. The van der Waals surface area contributed by atoms with E-state index < -0.39 is 5.92 Å². The fraction of sp³-hybridized carbons (Fsp3) is 0.556. The quantitative estimate of drug-likeness (QED) is 0.824. The highest BCUT2D eigenvalue weighted by Gasteiger charge is 2.64. The number of alkyl halides is 2. The van der Waals surface area contributed by atoms with Crippen LogP contribution in [0.2, 0.25) is 0 Å². The van der Waals surface area contributed by atoms with Crippen LogP contribution in [0.15, 0.2) is 12.4 Å². The van der Waals surface area contributed by atoms with Crippen molar-refractivity contribution in [1.82, 2.24) is 15.5 Å². The van der Waals surface area contributed by atoms with Crippen LogP contribution in [-0.2, 0) is 11.2 Å². The number of anilines is 1. The van der Waals surface area contributed by atoms with Crippen LogP contribution in [-0.4, -0.2) is 53.9 Å². The summed E-state index contributed by atoms with van der Waals surface area (Å²) in [5.41, 5.74) is 1.92. The van der Waals surface area contributed by atoms with Crippen molar-refractivity contribution in [2.45, 2.75) is 37.3 Å². The van der Waals surface area contributed by atoms with Gasteiger partial charge >= 0.3 is 0 Å². The molecule has 0 bridgehead atoms. The zero-order valence-electron chi connectivity index (χ0n) is 14.4. The number of hydrogen-bond donors (Lipinski definition) is 2. The predicted molar refractivity (Wildman–Crippen MR) is 95.4 cm³/mol. The van der Waals surface area contributed by atoms with Gasteiger partial charge in [-0.05, 0) is 12.8 Å². The molecule has 5 heterocycles. The summed E-state index contributed by atoms with van der Waals surface area (Å²) in [4.78, 5) is 16.0. The van der Waals surface area contributed by atoms with Crippen LogP contribution < -0.4 is 10.2 Å². The number of ether oxygens (including phenoxy) is 1. The van der Waals surface area contributed by atoms with E-state index >= 15 is 0 Å². The topological polar surface area (TPSA) is 70.2 Å². The lowest BCUT2D eigenvalue weighted by molar-refractivity contribution is 0.00510. The maximum Gasteiger partial charge on any atom is 0.269 e. The third-order valence-electron chi connectivity index (χ3n) is 6.45. The SMILES string of the molecule is O=C1N[C@@H]([C@]23CCO[C@H]2C3)CN2CC(F)(F)Cc3c(-c4cn[nH]c4)sc1c32. The molecular formula is C18H18F2N4O2S. The standard InChI is InChI=1S/C18H18F2N4O2S/c19-18(20)3-10-13-15(27-14(10)9-5-21-22-6-9)16(25)23-11(7-24(13)8-18)17-1-2-26-12(17)4-17/h5-6,11-12H,1-4,7-8H2,(H,21,22)(H,23,25)/t11-,12+,17-/m1/s1. The molecule has 0 spiro atoms. The predicted octanol–water partition coefficient (Wildman–Crippen LogP) is 2.43. The molecule has 6 nitrogen and oxygen atoms in total. The van der Waals surface area contributed by atoms with Crippen LogP contribution in [0.1, 0.15) is 28.1 Å². The average molecular weight is 392 g/mol. The van der Waals surface area contributed by atoms with Crippen molar-refractivity contribution in [3.05, 3.63) is 22.8 Å². The molecule has 2 aromatic rings. The smallest absolute Gasteiger partial charge is 0.269 e. The Bertz CT molecular complexity index is 944. The fourth-order valence-electron chi connectivity index (χ4n) is 5.07. The van der Waals surface area contributed by atoms with E-state index in [1.807, 2.05) is 0 Å². The van der Waals surface area contributed by atoms with Crippen molar-refractivity contribution in [3.63, 3.8) is 0 Å². The highest BCUT2D eigenvalue weighted by atomic mass is 32.1. The molecule has 27 heavy (non-hydrogen) atoms. The van der Waals surface area contributed by atoms with Gasteiger partial charge in [-0.25, -0.2) is 8.78 Å². The minimum atomic E-state index is -2.82. The molecule has 9 heteroatoms. The molecule has 142 valence electrons. The van der Waals surface area contributed by atoms with E-state index in [1.54, 1.807) is 17.3 Å². The van der Waals surface area contributed by atoms with Crippen molar-refractivity contribution in [3.8, 4) is 10.4 Å². The number of aromatic amines is 1. The number of nitrogens with zero attached hydrogens (tertiary/aromatic N) is 2. The number of halogens is 2. The zero-order chi connectivity index (χ0) is 18.4. The summed E-state index contributed by atoms with van der Waals surface area (Å²) in [5, 5.41) is 9.81. The lowest BCUT2D eigenvalue weighted by atomic mass is 9.92. The highest BCUT2D eigenvalue weighted by Crippen LogP contribution is 2.59. The van der Waals surface area contributed by atoms with Crippen LogP contribution in [0, 0.1) is 5.41 Å². The Morgan fingerprint density at radius 3 is 2.96 bits per heavy atom. The summed E-state index contributed by atoms with van der Waals surface area (Å²) < 4.78 is 35.0. The van der Waals surface area contributed by atoms with Gasteiger partial charge in [-0.15, -0.1) is 11.3 Å². The van der Waals surface area contributed by atoms with Gasteiger partial charge < -0.3 is 15.0 Å². The molecule has 0 unspecified atom stereocenters. The minimum Gasteiger partial charge on any atom is -0.378 e. The van der Waals surface area contributed by atoms with Gasteiger partial charge in [-0.3, -0.25) is 9.89 Å². The van der Waals surface area contributed by atoms with Crippen LogP contribution in [0.4, 0.5) is 14.5 Å². The molecule has 1 amide bonds. The number of carbonyl (C=O) groups excluding carboxylic acids is 1. The third-order valence-corrected chi connectivity index (χ3v) is 7.72. The van der Waals surface area contributed by atoms with Crippen molar-refractivity contribution in [1.29, 1.82) is 0 Å².